The molecule has 0 radical (unpaired) electrons. The van der Waals surface area contributed by atoms with E-state index in [1.807, 2.05) is 0 Å². The van der Waals surface area contributed by atoms with Crippen molar-refractivity contribution >= 4 is 11.7 Å². The molecule has 1 aromatic rings. The van der Waals surface area contributed by atoms with Gasteiger partial charge in [-0.25, -0.2) is 4.79 Å². The Balaban J connectivity index is 2.83. The molecule has 0 heterocycles. The maximum Gasteiger partial charge on any atom is 0.416 e. The number of carbonyl (C=O) groups is 1. The molecule has 0 saturated carbocycles. The van der Waals surface area contributed by atoms with Gasteiger partial charge in [0.05, 0.1) is 5.56 Å². The second kappa shape index (κ2) is 5.75. The number of nitrogens with zero attached hydrogens (tertiary/aromatic N) is 1. The highest BCUT2D eigenvalue weighted by atomic mass is 19.4. The SMILES string of the molecule is CCN(CC)C(=O)Nc1cccc(C(F)(F)F)c1. The molecule has 1 aromatic carbocycles. The molecule has 0 spiro atoms. The van der Waals surface area contributed by atoms with Gasteiger partial charge in [0.15, 0.2) is 0 Å². The molecule has 3 nitrogen and oxygen atoms in total. The van der Waals surface area contributed by atoms with Crippen LogP contribution in [0.3, 0.4) is 0 Å². The Morgan fingerprint density at radius 1 is 1.28 bits per heavy atom. The lowest BCUT2D eigenvalue weighted by atomic mass is 10.2. The minimum Gasteiger partial charge on any atom is -0.325 e. The number of rotatable bonds is 3. The lowest BCUT2D eigenvalue weighted by Gasteiger charge is -2.19. The highest BCUT2D eigenvalue weighted by Gasteiger charge is 2.30. The van der Waals surface area contributed by atoms with E-state index in [2.05, 4.69) is 5.32 Å². The van der Waals surface area contributed by atoms with Crippen molar-refractivity contribution in [3.63, 3.8) is 0 Å². The van der Waals surface area contributed by atoms with Crippen LogP contribution in [0.25, 0.3) is 0 Å². The van der Waals surface area contributed by atoms with Gasteiger partial charge in [0.1, 0.15) is 0 Å². The first-order chi connectivity index (χ1) is 8.38. The Labute approximate surface area is 104 Å². The van der Waals surface area contributed by atoms with E-state index in [0.717, 1.165) is 12.1 Å². The molecule has 0 atom stereocenters. The molecule has 100 valence electrons. The summed E-state index contributed by atoms with van der Waals surface area (Å²) < 4.78 is 37.4. The van der Waals surface area contributed by atoms with Crippen molar-refractivity contribution in [1.29, 1.82) is 0 Å². The molecule has 0 fully saturated rings. The summed E-state index contributed by atoms with van der Waals surface area (Å²) in [6, 6.07) is 4.17. The average molecular weight is 260 g/mol. The highest BCUT2D eigenvalue weighted by Crippen LogP contribution is 2.30. The van der Waals surface area contributed by atoms with Crippen LogP contribution in [-0.4, -0.2) is 24.0 Å². The predicted molar refractivity (Wildman–Crippen MR) is 63.4 cm³/mol. The molecule has 0 aliphatic heterocycles. The van der Waals surface area contributed by atoms with Crippen LogP contribution < -0.4 is 5.32 Å². The van der Waals surface area contributed by atoms with Gasteiger partial charge in [0, 0.05) is 18.8 Å². The quantitative estimate of drug-likeness (QED) is 0.885. The minimum atomic E-state index is -4.41. The van der Waals surface area contributed by atoms with Crippen molar-refractivity contribution in [3.05, 3.63) is 29.8 Å². The number of benzene rings is 1. The molecule has 0 aliphatic carbocycles. The smallest absolute Gasteiger partial charge is 0.325 e. The molecular formula is C12H15F3N2O. The van der Waals surface area contributed by atoms with Gasteiger partial charge in [-0.15, -0.1) is 0 Å². The number of hydrogen-bond donors (Lipinski definition) is 1. The number of urea groups is 1. The van der Waals surface area contributed by atoms with Gasteiger partial charge in [-0.2, -0.15) is 13.2 Å². The van der Waals surface area contributed by atoms with E-state index in [9.17, 15) is 18.0 Å². The van der Waals surface area contributed by atoms with E-state index >= 15 is 0 Å². The summed E-state index contributed by atoms with van der Waals surface area (Å²) in [6.45, 7) is 4.60. The number of nitrogens with one attached hydrogen (secondary N) is 1. The van der Waals surface area contributed by atoms with Gasteiger partial charge >= 0.3 is 12.2 Å². The van der Waals surface area contributed by atoms with E-state index in [1.54, 1.807) is 13.8 Å². The van der Waals surface area contributed by atoms with Crippen molar-refractivity contribution in [2.45, 2.75) is 20.0 Å². The third-order valence-corrected chi connectivity index (χ3v) is 2.49. The molecule has 0 aliphatic rings. The highest BCUT2D eigenvalue weighted by molar-refractivity contribution is 5.89. The second-order valence-corrected chi connectivity index (χ2v) is 3.68. The fourth-order valence-electron chi connectivity index (χ4n) is 1.49. The zero-order chi connectivity index (χ0) is 13.8. The third kappa shape index (κ3) is 3.65. The van der Waals surface area contributed by atoms with Crippen molar-refractivity contribution < 1.29 is 18.0 Å². The van der Waals surface area contributed by atoms with Crippen LogP contribution in [0.4, 0.5) is 23.7 Å². The van der Waals surface area contributed by atoms with Gasteiger partial charge < -0.3 is 10.2 Å². The fourth-order valence-corrected chi connectivity index (χ4v) is 1.49. The summed E-state index contributed by atoms with van der Waals surface area (Å²) in [5.74, 6) is 0. The fraction of sp³-hybridized carbons (Fsp3) is 0.417. The Kier molecular flexibility index (Phi) is 4.58. The van der Waals surface area contributed by atoms with Crippen LogP contribution in [0.1, 0.15) is 19.4 Å². The Morgan fingerprint density at radius 3 is 2.39 bits per heavy atom. The number of carbonyl (C=O) groups excluding carboxylic acids is 1. The zero-order valence-corrected chi connectivity index (χ0v) is 10.2. The summed E-state index contributed by atoms with van der Waals surface area (Å²) in [5, 5.41) is 2.44. The Bertz CT molecular complexity index is 414. The van der Waals surface area contributed by atoms with Crippen LogP contribution in [0.15, 0.2) is 24.3 Å². The molecule has 6 heteroatoms. The lowest BCUT2D eigenvalue weighted by Crippen LogP contribution is -2.34. The maximum absolute atomic E-state index is 12.5. The van der Waals surface area contributed by atoms with E-state index < -0.39 is 17.8 Å². The van der Waals surface area contributed by atoms with Gasteiger partial charge in [0.25, 0.3) is 0 Å². The number of hydrogen-bond acceptors (Lipinski definition) is 1. The molecular weight excluding hydrogens is 245 g/mol. The second-order valence-electron chi connectivity index (χ2n) is 3.68. The topological polar surface area (TPSA) is 32.3 Å². The molecule has 0 saturated heterocycles. The van der Waals surface area contributed by atoms with Crippen LogP contribution in [0, 0.1) is 0 Å². The van der Waals surface area contributed by atoms with Gasteiger partial charge in [-0.3, -0.25) is 0 Å². The van der Waals surface area contributed by atoms with Crippen LogP contribution in [0.5, 0.6) is 0 Å². The predicted octanol–water partition coefficient (Wildman–Crippen LogP) is 3.58. The lowest BCUT2D eigenvalue weighted by molar-refractivity contribution is -0.137. The number of amides is 2. The minimum absolute atomic E-state index is 0.140. The first-order valence-corrected chi connectivity index (χ1v) is 5.61. The Morgan fingerprint density at radius 2 is 1.89 bits per heavy atom. The van der Waals surface area contributed by atoms with Crippen molar-refractivity contribution in [2.75, 3.05) is 18.4 Å². The third-order valence-electron chi connectivity index (χ3n) is 2.49. The van der Waals surface area contributed by atoms with Gasteiger partial charge in [0.2, 0.25) is 0 Å². The number of alkyl halides is 3. The van der Waals surface area contributed by atoms with Crippen molar-refractivity contribution in [1.82, 2.24) is 4.90 Å². The van der Waals surface area contributed by atoms with E-state index in [1.165, 1.54) is 17.0 Å². The Hall–Kier alpha value is -1.72. The summed E-state index contributed by atoms with van der Waals surface area (Å²) in [4.78, 5) is 13.2. The van der Waals surface area contributed by atoms with E-state index in [-0.39, 0.29) is 5.69 Å². The van der Waals surface area contributed by atoms with Crippen molar-refractivity contribution in [3.8, 4) is 0 Å². The van der Waals surface area contributed by atoms with Crippen LogP contribution in [-0.2, 0) is 6.18 Å². The normalized spacial score (nSPS) is 11.2. The molecule has 0 bridgehead atoms. The first-order valence-electron chi connectivity index (χ1n) is 5.61. The maximum atomic E-state index is 12.5. The molecule has 0 aromatic heterocycles. The number of anilines is 1. The molecule has 0 unspecified atom stereocenters. The summed E-state index contributed by atoms with van der Waals surface area (Å²) >= 11 is 0. The molecule has 1 rings (SSSR count). The summed E-state index contributed by atoms with van der Waals surface area (Å²) in [5.41, 5.74) is -0.637. The number of halogens is 3. The largest absolute Gasteiger partial charge is 0.416 e. The standard InChI is InChI=1S/C12H15F3N2O/c1-3-17(4-2)11(18)16-10-7-5-6-9(8-10)12(13,14)15/h5-8H,3-4H2,1-2H3,(H,16,18). The van der Waals surface area contributed by atoms with Crippen LogP contribution >= 0.6 is 0 Å². The summed E-state index contributed by atoms with van der Waals surface area (Å²) in [7, 11) is 0. The average Bonchev–Trinajstić information content (AvgIpc) is 2.29. The van der Waals surface area contributed by atoms with E-state index in [4.69, 9.17) is 0 Å². The van der Waals surface area contributed by atoms with E-state index in [0.29, 0.717) is 13.1 Å². The monoisotopic (exact) mass is 260 g/mol. The summed E-state index contributed by atoms with van der Waals surface area (Å²) in [6.07, 6.45) is -4.41. The van der Waals surface area contributed by atoms with Crippen molar-refractivity contribution in [2.24, 2.45) is 0 Å². The zero-order valence-electron chi connectivity index (χ0n) is 10.2. The van der Waals surface area contributed by atoms with Gasteiger partial charge in [-0.1, -0.05) is 6.07 Å². The van der Waals surface area contributed by atoms with Gasteiger partial charge in [-0.05, 0) is 32.0 Å². The molecule has 18 heavy (non-hydrogen) atoms. The van der Waals surface area contributed by atoms with Crippen LogP contribution in [0.2, 0.25) is 0 Å². The molecule has 2 amide bonds. The molecule has 1 N–H and O–H groups in total. The first kappa shape index (κ1) is 14.3.